The largest absolute Gasteiger partial charge is 0.491 e. The number of amides is 2. The predicted molar refractivity (Wildman–Crippen MR) is 124 cm³/mol. The second kappa shape index (κ2) is 10.6. The van der Waals surface area contributed by atoms with Gasteiger partial charge in [0.15, 0.2) is 11.5 Å². The van der Waals surface area contributed by atoms with Crippen molar-refractivity contribution in [2.75, 3.05) is 37.4 Å². The lowest BCUT2D eigenvalue weighted by atomic mass is 10.1. The minimum Gasteiger partial charge on any atom is -0.491 e. The number of benzene rings is 2. The minimum atomic E-state index is -0.497. The van der Waals surface area contributed by atoms with Gasteiger partial charge in [0.1, 0.15) is 5.75 Å². The predicted octanol–water partition coefficient (Wildman–Crippen LogP) is 2.90. The number of nitrogens with zero attached hydrogens (tertiary/aromatic N) is 2. The van der Waals surface area contributed by atoms with Gasteiger partial charge >= 0.3 is 0 Å². The molecule has 2 amide bonds. The SMILES string of the molecule is Nc1ncc2nc1C(=O)Nc1ccccc1OCCCOCCCNC(=O)c1ccc-2cc1. The highest BCUT2D eigenvalue weighted by Crippen LogP contribution is 2.25. The van der Waals surface area contributed by atoms with Gasteiger partial charge in [-0.2, -0.15) is 0 Å². The molecule has 3 heterocycles. The number of nitrogens with one attached hydrogen (secondary N) is 2. The molecule has 5 rings (SSSR count). The van der Waals surface area contributed by atoms with Crippen molar-refractivity contribution in [3.63, 3.8) is 0 Å². The van der Waals surface area contributed by atoms with E-state index in [1.54, 1.807) is 42.5 Å². The zero-order valence-electron chi connectivity index (χ0n) is 18.0. The number of hydrogen-bond donors (Lipinski definition) is 3. The molecule has 4 bridgehead atoms. The van der Waals surface area contributed by atoms with Crippen LogP contribution in [0, 0.1) is 0 Å². The lowest BCUT2D eigenvalue weighted by Crippen LogP contribution is -2.25. The molecule has 9 nitrogen and oxygen atoms in total. The van der Waals surface area contributed by atoms with Gasteiger partial charge in [-0.3, -0.25) is 9.59 Å². The highest BCUT2D eigenvalue weighted by Gasteiger charge is 2.17. The van der Waals surface area contributed by atoms with Crippen LogP contribution in [-0.2, 0) is 4.74 Å². The molecule has 0 fully saturated rings. The van der Waals surface area contributed by atoms with Crippen LogP contribution in [0.25, 0.3) is 11.3 Å². The first-order valence-corrected chi connectivity index (χ1v) is 10.7. The maximum atomic E-state index is 13.0. The summed E-state index contributed by atoms with van der Waals surface area (Å²) in [5, 5.41) is 5.69. The minimum absolute atomic E-state index is 0.00316. The summed E-state index contributed by atoms with van der Waals surface area (Å²) in [6.45, 7) is 2.02. The average molecular weight is 447 g/mol. The van der Waals surface area contributed by atoms with Crippen molar-refractivity contribution < 1.29 is 19.1 Å². The number of nitrogens with two attached hydrogens (primary N) is 1. The molecule has 9 heteroatoms. The number of ether oxygens (including phenoxy) is 2. The summed E-state index contributed by atoms with van der Waals surface area (Å²) in [7, 11) is 0. The summed E-state index contributed by atoms with van der Waals surface area (Å²) in [5.74, 6) is -0.107. The molecule has 170 valence electrons. The Kier molecular flexibility index (Phi) is 7.11. The standard InChI is InChI=1S/C24H25N5O4/c25-22-21-24(31)29-18-5-1-2-6-20(18)33-14-4-13-32-12-3-11-26-23(30)17-9-7-16(8-10-17)19(28-21)15-27-22/h1-2,5-10,15H,3-4,11-14H2,(H2,25,27)(H,26,30)(H,29,31). The number of aromatic nitrogens is 2. The molecular formula is C24H25N5O4. The molecule has 0 atom stereocenters. The molecule has 0 radical (unpaired) electrons. The van der Waals surface area contributed by atoms with Gasteiger partial charge in [-0.05, 0) is 30.7 Å². The van der Waals surface area contributed by atoms with Crippen LogP contribution in [0.2, 0.25) is 0 Å². The zero-order chi connectivity index (χ0) is 23.0. The van der Waals surface area contributed by atoms with Crippen LogP contribution in [0.4, 0.5) is 11.5 Å². The summed E-state index contributed by atoms with van der Waals surface area (Å²) >= 11 is 0. The number of nitrogen functional groups attached to an aromatic ring is 1. The molecule has 0 aliphatic carbocycles. The lowest BCUT2D eigenvalue weighted by Gasteiger charge is -2.13. The van der Waals surface area contributed by atoms with Crippen LogP contribution in [-0.4, -0.2) is 48.1 Å². The van der Waals surface area contributed by atoms with Crippen molar-refractivity contribution >= 4 is 23.3 Å². The van der Waals surface area contributed by atoms with Gasteiger partial charge < -0.3 is 25.8 Å². The third-order valence-corrected chi connectivity index (χ3v) is 5.04. The zero-order valence-corrected chi connectivity index (χ0v) is 18.0. The Hall–Kier alpha value is -3.98. The van der Waals surface area contributed by atoms with E-state index in [-0.39, 0.29) is 17.4 Å². The van der Waals surface area contributed by atoms with Crippen LogP contribution >= 0.6 is 0 Å². The number of carbonyl (C=O) groups excluding carboxylic acids is 2. The summed E-state index contributed by atoms with van der Waals surface area (Å²) < 4.78 is 11.4. The Labute approximate surface area is 191 Å². The number of hydrogen-bond acceptors (Lipinski definition) is 7. The van der Waals surface area contributed by atoms with E-state index in [1.807, 2.05) is 6.07 Å². The topological polar surface area (TPSA) is 128 Å². The maximum Gasteiger partial charge on any atom is 0.278 e. The molecule has 2 aromatic carbocycles. The van der Waals surface area contributed by atoms with Gasteiger partial charge in [0.2, 0.25) is 0 Å². The number of carbonyl (C=O) groups is 2. The van der Waals surface area contributed by atoms with E-state index in [0.29, 0.717) is 67.5 Å². The third-order valence-electron chi connectivity index (χ3n) is 5.04. The van der Waals surface area contributed by atoms with E-state index in [1.165, 1.54) is 6.20 Å². The number of fused-ring (bicyclic) bond motifs is 12. The normalized spacial score (nSPS) is 15.4. The molecule has 4 N–H and O–H groups in total. The molecule has 0 spiro atoms. The van der Waals surface area contributed by atoms with Crippen molar-refractivity contribution in [1.29, 1.82) is 0 Å². The fraction of sp³-hybridized carbons (Fsp3) is 0.250. The smallest absolute Gasteiger partial charge is 0.278 e. The van der Waals surface area contributed by atoms with Crippen LogP contribution in [0.3, 0.4) is 0 Å². The van der Waals surface area contributed by atoms with E-state index >= 15 is 0 Å². The van der Waals surface area contributed by atoms with Gasteiger partial charge in [0, 0.05) is 37.3 Å². The molecule has 3 aromatic rings. The van der Waals surface area contributed by atoms with E-state index in [0.717, 1.165) is 0 Å². The van der Waals surface area contributed by atoms with Gasteiger partial charge in [-0.15, -0.1) is 0 Å². The number of anilines is 2. The highest BCUT2D eigenvalue weighted by atomic mass is 16.5. The van der Waals surface area contributed by atoms with Gasteiger partial charge in [0.05, 0.1) is 24.2 Å². The van der Waals surface area contributed by atoms with E-state index in [9.17, 15) is 9.59 Å². The Balaban J connectivity index is 1.63. The van der Waals surface area contributed by atoms with Crippen LogP contribution in [0.1, 0.15) is 33.7 Å². The Morgan fingerprint density at radius 1 is 0.879 bits per heavy atom. The first-order chi connectivity index (χ1) is 16.1. The molecular weight excluding hydrogens is 422 g/mol. The van der Waals surface area contributed by atoms with Crippen molar-refractivity contribution in [1.82, 2.24) is 15.3 Å². The van der Waals surface area contributed by atoms with Crippen LogP contribution < -0.4 is 21.1 Å². The first-order valence-electron chi connectivity index (χ1n) is 10.7. The fourth-order valence-electron chi connectivity index (χ4n) is 3.30. The molecule has 0 unspecified atom stereocenters. The quantitative estimate of drug-likeness (QED) is 0.483. The first kappa shape index (κ1) is 22.2. The highest BCUT2D eigenvalue weighted by molar-refractivity contribution is 6.06. The maximum absolute atomic E-state index is 13.0. The Morgan fingerprint density at radius 2 is 1.64 bits per heavy atom. The van der Waals surface area contributed by atoms with Crippen molar-refractivity contribution in [2.24, 2.45) is 0 Å². The number of rotatable bonds is 0. The van der Waals surface area contributed by atoms with Crippen molar-refractivity contribution in [3.05, 3.63) is 66.0 Å². The van der Waals surface area contributed by atoms with Gasteiger partial charge in [-0.25, -0.2) is 9.97 Å². The Bertz CT molecular complexity index is 1130. The average Bonchev–Trinajstić information content (AvgIpc) is 2.83. The molecule has 2 aliphatic rings. The summed E-state index contributed by atoms with van der Waals surface area (Å²) in [6, 6.07) is 14.1. The molecule has 0 saturated carbocycles. The third kappa shape index (κ3) is 5.64. The van der Waals surface area contributed by atoms with Crippen LogP contribution in [0.15, 0.2) is 54.7 Å². The second-order valence-electron chi connectivity index (χ2n) is 7.44. The van der Waals surface area contributed by atoms with E-state index in [4.69, 9.17) is 15.2 Å². The molecule has 1 aromatic heterocycles. The molecule has 2 aliphatic heterocycles. The van der Waals surface area contributed by atoms with Gasteiger partial charge in [0.25, 0.3) is 11.8 Å². The molecule has 33 heavy (non-hydrogen) atoms. The monoisotopic (exact) mass is 447 g/mol. The molecule has 0 saturated heterocycles. The van der Waals surface area contributed by atoms with Gasteiger partial charge in [-0.1, -0.05) is 24.3 Å². The second-order valence-corrected chi connectivity index (χ2v) is 7.44. The van der Waals surface area contributed by atoms with E-state index < -0.39 is 5.91 Å². The van der Waals surface area contributed by atoms with E-state index in [2.05, 4.69) is 20.6 Å². The Morgan fingerprint density at radius 3 is 2.48 bits per heavy atom. The summed E-state index contributed by atoms with van der Waals surface area (Å²) in [4.78, 5) is 33.9. The van der Waals surface area contributed by atoms with Crippen molar-refractivity contribution in [3.8, 4) is 17.0 Å². The van der Waals surface area contributed by atoms with Crippen LogP contribution in [0.5, 0.6) is 5.75 Å². The lowest BCUT2D eigenvalue weighted by molar-refractivity contribution is 0.0935. The fourth-order valence-corrected chi connectivity index (χ4v) is 3.30. The van der Waals surface area contributed by atoms with Crippen molar-refractivity contribution in [2.45, 2.75) is 12.8 Å². The number of para-hydroxylation sites is 2. The summed E-state index contributed by atoms with van der Waals surface area (Å²) in [5.41, 5.74) is 8.16. The summed E-state index contributed by atoms with van der Waals surface area (Å²) in [6.07, 6.45) is 2.89.